The van der Waals surface area contributed by atoms with Gasteiger partial charge in [-0.25, -0.2) is 9.37 Å². The lowest BCUT2D eigenvalue weighted by Crippen LogP contribution is -2.25. The fourth-order valence-electron chi connectivity index (χ4n) is 2.51. The van der Waals surface area contributed by atoms with E-state index in [-0.39, 0.29) is 23.7 Å². The number of carbonyl (C=O) groups excluding carboxylic acids is 1. The lowest BCUT2D eigenvalue weighted by Gasteiger charge is -2.07. The van der Waals surface area contributed by atoms with Crippen LogP contribution in [0.5, 0.6) is 0 Å². The number of rotatable bonds is 7. The first-order valence-corrected chi connectivity index (χ1v) is 9.76. The van der Waals surface area contributed by atoms with Crippen molar-refractivity contribution in [1.29, 1.82) is 0 Å². The van der Waals surface area contributed by atoms with Gasteiger partial charge in [0.05, 0.1) is 12.1 Å². The molecule has 2 N–H and O–H groups in total. The Balaban J connectivity index is 1.57. The SMILES string of the molecule is Cc1ccc(CNC(=O)Cc2cc(=O)[nH]c(SCc3ccc(F)cc3)n2)cc1. The van der Waals surface area contributed by atoms with E-state index in [9.17, 15) is 14.0 Å². The van der Waals surface area contributed by atoms with Crippen molar-refractivity contribution >= 4 is 17.7 Å². The quantitative estimate of drug-likeness (QED) is 0.474. The number of hydrogen-bond acceptors (Lipinski definition) is 4. The van der Waals surface area contributed by atoms with Crippen molar-refractivity contribution in [1.82, 2.24) is 15.3 Å². The third kappa shape index (κ3) is 6.06. The first kappa shape index (κ1) is 19.8. The van der Waals surface area contributed by atoms with E-state index >= 15 is 0 Å². The summed E-state index contributed by atoms with van der Waals surface area (Å²) >= 11 is 1.33. The molecule has 3 aromatic rings. The molecule has 0 unspecified atom stereocenters. The van der Waals surface area contributed by atoms with E-state index in [1.165, 1.54) is 30.0 Å². The van der Waals surface area contributed by atoms with E-state index in [0.29, 0.717) is 23.1 Å². The highest BCUT2D eigenvalue weighted by Crippen LogP contribution is 2.18. The van der Waals surface area contributed by atoms with E-state index in [1.807, 2.05) is 31.2 Å². The van der Waals surface area contributed by atoms with Gasteiger partial charge >= 0.3 is 0 Å². The summed E-state index contributed by atoms with van der Waals surface area (Å²) in [6.45, 7) is 2.43. The van der Waals surface area contributed by atoms with Crippen molar-refractivity contribution in [3.05, 3.63) is 93.2 Å². The maximum atomic E-state index is 13.0. The van der Waals surface area contributed by atoms with Gasteiger partial charge in [-0.15, -0.1) is 0 Å². The molecule has 3 rings (SSSR count). The number of hydrogen-bond donors (Lipinski definition) is 2. The zero-order valence-corrected chi connectivity index (χ0v) is 16.2. The number of halogens is 1. The molecule has 0 aliphatic heterocycles. The molecule has 1 aromatic heterocycles. The summed E-state index contributed by atoms with van der Waals surface area (Å²) in [6, 6.07) is 15.4. The highest BCUT2D eigenvalue weighted by atomic mass is 32.2. The van der Waals surface area contributed by atoms with Crippen LogP contribution in [-0.2, 0) is 23.5 Å². The number of H-pyrrole nitrogens is 1. The Morgan fingerprint density at radius 1 is 1.11 bits per heavy atom. The molecule has 0 atom stereocenters. The molecule has 144 valence electrons. The topological polar surface area (TPSA) is 74.8 Å². The van der Waals surface area contributed by atoms with Crippen molar-refractivity contribution in [2.75, 3.05) is 0 Å². The van der Waals surface area contributed by atoms with Crippen molar-refractivity contribution in [3.63, 3.8) is 0 Å². The summed E-state index contributed by atoms with van der Waals surface area (Å²) in [5.41, 5.74) is 3.18. The van der Waals surface area contributed by atoms with Gasteiger partial charge in [0, 0.05) is 18.4 Å². The van der Waals surface area contributed by atoms with Crippen LogP contribution >= 0.6 is 11.8 Å². The highest BCUT2D eigenvalue weighted by Gasteiger charge is 2.08. The number of carbonyl (C=O) groups is 1. The second-order valence-corrected chi connectivity index (χ2v) is 7.36. The predicted molar refractivity (Wildman–Crippen MR) is 108 cm³/mol. The van der Waals surface area contributed by atoms with Crippen LogP contribution in [0, 0.1) is 12.7 Å². The van der Waals surface area contributed by atoms with Crippen molar-refractivity contribution in [3.8, 4) is 0 Å². The Labute approximate surface area is 166 Å². The number of aromatic amines is 1. The van der Waals surface area contributed by atoms with E-state index in [4.69, 9.17) is 0 Å². The van der Waals surface area contributed by atoms with Crippen LogP contribution in [0.3, 0.4) is 0 Å². The minimum Gasteiger partial charge on any atom is -0.352 e. The standard InChI is InChI=1S/C21H20FN3O2S/c1-14-2-4-15(5-3-14)12-23-19(26)10-18-11-20(27)25-21(24-18)28-13-16-6-8-17(22)9-7-16/h2-9,11H,10,12-13H2,1H3,(H,23,26)(H,24,25,27). The second-order valence-electron chi connectivity index (χ2n) is 6.40. The molecule has 0 aliphatic rings. The van der Waals surface area contributed by atoms with Gasteiger partial charge in [0.2, 0.25) is 5.91 Å². The number of nitrogens with one attached hydrogen (secondary N) is 2. The lowest BCUT2D eigenvalue weighted by molar-refractivity contribution is -0.120. The van der Waals surface area contributed by atoms with Crippen LogP contribution in [-0.4, -0.2) is 15.9 Å². The fraction of sp³-hybridized carbons (Fsp3) is 0.190. The summed E-state index contributed by atoms with van der Waals surface area (Å²) in [5, 5.41) is 3.26. The Bertz CT molecular complexity index is 1000. The number of nitrogens with zero attached hydrogens (tertiary/aromatic N) is 1. The molecule has 1 amide bonds. The molecular formula is C21H20FN3O2S. The molecule has 0 saturated heterocycles. The van der Waals surface area contributed by atoms with Crippen LogP contribution in [0.2, 0.25) is 0 Å². The average Bonchev–Trinajstić information content (AvgIpc) is 2.67. The molecule has 2 aromatic carbocycles. The van der Waals surface area contributed by atoms with Gasteiger partial charge < -0.3 is 10.3 Å². The summed E-state index contributed by atoms with van der Waals surface area (Å²) in [7, 11) is 0. The molecule has 0 spiro atoms. The highest BCUT2D eigenvalue weighted by molar-refractivity contribution is 7.98. The van der Waals surface area contributed by atoms with Crippen LogP contribution in [0.1, 0.15) is 22.4 Å². The first-order valence-electron chi connectivity index (χ1n) is 8.78. The number of aryl methyl sites for hydroxylation is 1. The van der Waals surface area contributed by atoms with Crippen molar-refractivity contribution in [2.45, 2.75) is 30.8 Å². The van der Waals surface area contributed by atoms with E-state index in [2.05, 4.69) is 15.3 Å². The van der Waals surface area contributed by atoms with Gasteiger partial charge in [-0.05, 0) is 30.2 Å². The molecule has 0 aliphatic carbocycles. The molecule has 7 heteroatoms. The minimum absolute atomic E-state index is 0.0277. The first-order chi connectivity index (χ1) is 13.5. The Hall–Kier alpha value is -2.93. The number of aromatic nitrogens is 2. The fourth-order valence-corrected chi connectivity index (χ4v) is 3.36. The van der Waals surface area contributed by atoms with Gasteiger partial charge in [0.25, 0.3) is 5.56 Å². The molecular weight excluding hydrogens is 377 g/mol. The zero-order valence-electron chi connectivity index (χ0n) is 15.4. The minimum atomic E-state index is -0.307. The molecule has 0 bridgehead atoms. The van der Waals surface area contributed by atoms with Gasteiger partial charge in [-0.2, -0.15) is 0 Å². The van der Waals surface area contributed by atoms with Gasteiger partial charge in [-0.1, -0.05) is 53.7 Å². The smallest absolute Gasteiger partial charge is 0.251 e. The molecule has 0 radical (unpaired) electrons. The Kier molecular flexibility index (Phi) is 6.60. The van der Waals surface area contributed by atoms with Gasteiger partial charge in [-0.3, -0.25) is 9.59 Å². The van der Waals surface area contributed by atoms with Gasteiger partial charge in [0.1, 0.15) is 5.82 Å². The van der Waals surface area contributed by atoms with E-state index < -0.39 is 0 Å². The van der Waals surface area contributed by atoms with Crippen LogP contribution in [0.15, 0.2) is 64.5 Å². The van der Waals surface area contributed by atoms with E-state index in [0.717, 1.165) is 16.7 Å². The predicted octanol–water partition coefficient (Wildman–Crippen LogP) is 3.37. The third-order valence-corrected chi connectivity index (χ3v) is 4.96. The van der Waals surface area contributed by atoms with Crippen LogP contribution in [0.4, 0.5) is 4.39 Å². The largest absolute Gasteiger partial charge is 0.352 e. The number of benzene rings is 2. The van der Waals surface area contributed by atoms with E-state index in [1.54, 1.807) is 12.1 Å². The molecule has 0 fully saturated rings. The van der Waals surface area contributed by atoms with Crippen LogP contribution in [0.25, 0.3) is 0 Å². The lowest BCUT2D eigenvalue weighted by atomic mass is 10.1. The maximum absolute atomic E-state index is 13.0. The summed E-state index contributed by atoms with van der Waals surface area (Å²) in [6.07, 6.45) is 0.0277. The van der Waals surface area contributed by atoms with Crippen molar-refractivity contribution < 1.29 is 9.18 Å². The van der Waals surface area contributed by atoms with Gasteiger partial charge in [0.15, 0.2) is 5.16 Å². The Morgan fingerprint density at radius 3 is 2.50 bits per heavy atom. The second kappa shape index (κ2) is 9.32. The summed E-state index contributed by atoms with van der Waals surface area (Å²) in [5.74, 6) is 0.0406. The zero-order chi connectivity index (χ0) is 19.9. The summed E-state index contributed by atoms with van der Waals surface area (Å²) in [4.78, 5) is 31.1. The van der Waals surface area contributed by atoms with Crippen LogP contribution < -0.4 is 10.9 Å². The summed E-state index contributed by atoms with van der Waals surface area (Å²) < 4.78 is 13.0. The molecule has 1 heterocycles. The number of amides is 1. The monoisotopic (exact) mass is 397 g/mol. The molecule has 0 saturated carbocycles. The molecule has 28 heavy (non-hydrogen) atoms. The Morgan fingerprint density at radius 2 is 1.79 bits per heavy atom. The maximum Gasteiger partial charge on any atom is 0.251 e. The number of thioether (sulfide) groups is 1. The van der Waals surface area contributed by atoms with Crippen molar-refractivity contribution in [2.24, 2.45) is 0 Å². The normalized spacial score (nSPS) is 10.6. The average molecular weight is 397 g/mol. The molecule has 5 nitrogen and oxygen atoms in total. The third-order valence-electron chi connectivity index (χ3n) is 4.01.